The zero-order valence-electron chi connectivity index (χ0n) is 15.4. The minimum absolute atomic E-state index is 0.425. The largest absolute Gasteiger partial charge is 0.434 e. The van der Waals surface area contributed by atoms with Crippen molar-refractivity contribution in [3.05, 3.63) is 32.2 Å². The Kier molecular flexibility index (Phi) is 8.49. The van der Waals surface area contributed by atoms with E-state index in [1.807, 2.05) is 13.8 Å². The topological polar surface area (TPSA) is 62.2 Å². The number of guanidine groups is 1. The second-order valence-electron chi connectivity index (χ2n) is 5.90. The minimum atomic E-state index is -4.38. The van der Waals surface area contributed by atoms with Crippen LogP contribution in [0.4, 0.5) is 13.2 Å². The van der Waals surface area contributed by atoms with Gasteiger partial charge >= 0.3 is 6.18 Å². The lowest BCUT2D eigenvalue weighted by atomic mass is 10.2. The molecule has 2 aromatic heterocycles. The van der Waals surface area contributed by atoms with Gasteiger partial charge in [-0.2, -0.15) is 13.2 Å². The molecule has 0 aliphatic carbocycles. The van der Waals surface area contributed by atoms with E-state index in [1.54, 1.807) is 11.3 Å². The number of hydrogen-bond donors (Lipinski definition) is 2. The fourth-order valence-corrected chi connectivity index (χ4v) is 3.91. The molecule has 0 radical (unpaired) electrons. The molecule has 0 aromatic carbocycles. The number of halogens is 3. The van der Waals surface area contributed by atoms with Gasteiger partial charge in [-0.25, -0.2) is 9.97 Å². The Morgan fingerprint density at radius 2 is 1.81 bits per heavy atom. The average molecular weight is 420 g/mol. The van der Waals surface area contributed by atoms with Crippen molar-refractivity contribution in [2.75, 3.05) is 19.6 Å². The minimum Gasteiger partial charge on any atom is -0.357 e. The van der Waals surface area contributed by atoms with E-state index in [9.17, 15) is 13.2 Å². The van der Waals surface area contributed by atoms with Crippen molar-refractivity contribution in [2.24, 2.45) is 4.99 Å². The Morgan fingerprint density at radius 1 is 1.07 bits per heavy atom. The molecule has 0 saturated carbocycles. The first-order chi connectivity index (χ1) is 12.9. The first kappa shape index (κ1) is 21.6. The summed E-state index contributed by atoms with van der Waals surface area (Å²) in [5.41, 5.74) is 0.243. The van der Waals surface area contributed by atoms with Crippen LogP contribution < -0.4 is 10.6 Å². The van der Waals surface area contributed by atoms with Crippen LogP contribution >= 0.6 is 22.7 Å². The van der Waals surface area contributed by atoms with E-state index in [1.165, 1.54) is 0 Å². The molecular weight excluding hydrogens is 395 g/mol. The summed E-state index contributed by atoms with van der Waals surface area (Å²) < 4.78 is 37.7. The van der Waals surface area contributed by atoms with Gasteiger partial charge in [0.2, 0.25) is 0 Å². The Hall–Kier alpha value is -1.68. The number of hydrogen-bond acceptors (Lipinski definition) is 5. The summed E-state index contributed by atoms with van der Waals surface area (Å²) in [5, 5.41) is 11.0. The van der Waals surface area contributed by atoms with Crippen LogP contribution in [-0.4, -0.2) is 35.6 Å². The highest BCUT2D eigenvalue weighted by Crippen LogP contribution is 2.29. The molecule has 0 saturated heterocycles. The highest BCUT2D eigenvalue weighted by Gasteiger charge is 2.33. The van der Waals surface area contributed by atoms with E-state index in [0.717, 1.165) is 53.2 Å². The molecule has 0 bridgehead atoms. The van der Waals surface area contributed by atoms with E-state index in [2.05, 4.69) is 31.0 Å². The zero-order chi connectivity index (χ0) is 19.7. The van der Waals surface area contributed by atoms with Crippen LogP contribution in [0.2, 0.25) is 0 Å². The lowest BCUT2D eigenvalue weighted by Crippen LogP contribution is -2.38. The van der Waals surface area contributed by atoms with Gasteiger partial charge in [0.25, 0.3) is 0 Å². The molecule has 27 heavy (non-hydrogen) atoms. The Balaban J connectivity index is 1.70. The number of aryl methyl sites for hydroxylation is 2. The van der Waals surface area contributed by atoms with Crippen LogP contribution in [0.25, 0.3) is 0 Å². The monoisotopic (exact) mass is 419 g/mol. The number of thiazole rings is 2. The number of aliphatic imine (C=N–C) groups is 1. The maximum absolute atomic E-state index is 12.6. The fraction of sp³-hybridized carbons (Fsp3) is 0.588. The lowest BCUT2D eigenvalue weighted by molar-refractivity contribution is -0.140. The predicted octanol–water partition coefficient (Wildman–Crippen LogP) is 4.05. The van der Waals surface area contributed by atoms with Crippen LogP contribution in [0.15, 0.2) is 15.8 Å². The number of aromatic nitrogens is 2. The van der Waals surface area contributed by atoms with Crippen molar-refractivity contribution < 1.29 is 13.2 Å². The van der Waals surface area contributed by atoms with Gasteiger partial charge in [0.05, 0.1) is 10.0 Å². The van der Waals surface area contributed by atoms with Crippen LogP contribution in [0.5, 0.6) is 0 Å². The summed E-state index contributed by atoms with van der Waals surface area (Å²) in [6.07, 6.45) is -1.01. The predicted molar refractivity (Wildman–Crippen MR) is 105 cm³/mol. The molecule has 0 unspecified atom stereocenters. The van der Waals surface area contributed by atoms with Gasteiger partial charge in [-0.1, -0.05) is 0 Å². The molecule has 5 nitrogen and oxygen atoms in total. The molecule has 0 fully saturated rings. The summed E-state index contributed by atoms with van der Waals surface area (Å²) in [4.78, 5) is 12.6. The second kappa shape index (κ2) is 10.6. The molecule has 2 heterocycles. The van der Waals surface area contributed by atoms with E-state index in [0.29, 0.717) is 30.5 Å². The van der Waals surface area contributed by atoms with Gasteiger partial charge in [-0.15, -0.1) is 22.7 Å². The number of alkyl halides is 3. The molecule has 2 N–H and O–H groups in total. The van der Waals surface area contributed by atoms with Crippen molar-refractivity contribution in [1.82, 2.24) is 20.6 Å². The molecule has 2 rings (SSSR count). The van der Waals surface area contributed by atoms with Gasteiger partial charge in [0, 0.05) is 42.5 Å². The molecular formula is C17H24F3N5S2. The Morgan fingerprint density at radius 3 is 2.44 bits per heavy atom. The maximum Gasteiger partial charge on any atom is 0.434 e. The Labute approximate surface area is 165 Å². The number of rotatable bonds is 9. The average Bonchev–Trinajstić information content (AvgIpc) is 3.23. The number of nitrogens with one attached hydrogen (secondary N) is 2. The highest BCUT2D eigenvalue weighted by atomic mass is 32.1. The van der Waals surface area contributed by atoms with Gasteiger partial charge in [0.1, 0.15) is 0 Å². The first-order valence-electron chi connectivity index (χ1n) is 8.83. The summed E-state index contributed by atoms with van der Waals surface area (Å²) in [6.45, 7) is 5.86. The molecule has 0 aliphatic heterocycles. The smallest absolute Gasteiger partial charge is 0.357 e. The number of unbranched alkanes of at least 4 members (excludes halogenated alkanes) is 1. The number of nitrogens with zero attached hydrogens (tertiary/aromatic N) is 3. The van der Waals surface area contributed by atoms with Crippen LogP contribution in [0, 0.1) is 6.92 Å². The molecule has 0 atom stereocenters. The van der Waals surface area contributed by atoms with Gasteiger partial charge in [-0.05, 0) is 33.1 Å². The zero-order valence-corrected chi connectivity index (χ0v) is 17.0. The second-order valence-corrected chi connectivity index (χ2v) is 7.79. The molecule has 10 heteroatoms. The fourth-order valence-electron chi connectivity index (χ4n) is 2.28. The SMILES string of the molecule is CCNC(=NCCCCc1nc(C)cs1)NCCc1nc(C(F)(F)F)cs1. The standard InChI is InChI=1S/C17H24F3N5S2/c1-3-21-16(22-8-5-4-6-14-24-12(2)10-26-14)23-9-7-15-25-13(11-27-15)17(18,19)20/h10-11H,3-9H2,1-2H3,(H2,21,22,23). The lowest BCUT2D eigenvalue weighted by Gasteiger charge is -2.10. The van der Waals surface area contributed by atoms with E-state index < -0.39 is 11.9 Å². The quantitative estimate of drug-likeness (QED) is 0.366. The first-order valence-corrected chi connectivity index (χ1v) is 10.6. The summed E-state index contributed by atoms with van der Waals surface area (Å²) in [5.74, 6) is 0.676. The molecule has 2 aromatic rings. The van der Waals surface area contributed by atoms with Crippen LogP contribution in [-0.2, 0) is 19.0 Å². The normalized spacial score (nSPS) is 12.4. The van der Waals surface area contributed by atoms with Gasteiger partial charge in [0.15, 0.2) is 11.7 Å². The van der Waals surface area contributed by atoms with Crippen molar-refractivity contribution in [3.63, 3.8) is 0 Å². The molecule has 0 spiro atoms. The summed E-state index contributed by atoms with van der Waals surface area (Å²) >= 11 is 2.72. The molecule has 0 aliphatic rings. The molecule has 0 amide bonds. The van der Waals surface area contributed by atoms with Gasteiger partial charge < -0.3 is 10.6 Å². The van der Waals surface area contributed by atoms with E-state index in [4.69, 9.17) is 0 Å². The third-order valence-electron chi connectivity index (χ3n) is 3.55. The van der Waals surface area contributed by atoms with E-state index in [-0.39, 0.29) is 0 Å². The van der Waals surface area contributed by atoms with Crippen molar-refractivity contribution in [1.29, 1.82) is 0 Å². The third-order valence-corrected chi connectivity index (χ3v) is 5.49. The third kappa shape index (κ3) is 7.84. The van der Waals surface area contributed by atoms with Gasteiger partial charge in [-0.3, -0.25) is 4.99 Å². The van der Waals surface area contributed by atoms with Crippen molar-refractivity contribution >= 4 is 28.6 Å². The highest BCUT2D eigenvalue weighted by molar-refractivity contribution is 7.09. The molecule has 150 valence electrons. The van der Waals surface area contributed by atoms with Crippen LogP contribution in [0.3, 0.4) is 0 Å². The Bertz CT molecular complexity index is 724. The van der Waals surface area contributed by atoms with Crippen molar-refractivity contribution in [3.8, 4) is 0 Å². The summed E-state index contributed by atoms with van der Waals surface area (Å²) in [7, 11) is 0. The van der Waals surface area contributed by atoms with Crippen molar-refractivity contribution in [2.45, 2.75) is 45.7 Å². The maximum atomic E-state index is 12.6. The van der Waals surface area contributed by atoms with Crippen LogP contribution in [0.1, 0.15) is 41.2 Å². The van der Waals surface area contributed by atoms with E-state index >= 15 is 0 Å². The summed E-state index contributed by atoms with van der Waals surface area (Å²) in [6, 6.07) is 0.